The zero-order chi connectivity index (χ0) is 18.9. The van der Waals surface area contributed by atoms with Crippen molar-refractivity contribution in [3.63, 3.8) is 0 Å². The van der Waals surface area contributed by atoms with Crippen LogP contribution in [0, 0.1) is 0 Å². The van der Waals surface area contributed by atoms with Crippen LogP contribution < -0.4 is 10.6 Å². The summed E-state index contributed by atoms with van der Waals surface area (Å²) in [4.78, 5) is 8.46. The van der Waals surface area contributed by atoms with Crippen molar-refractivity contribution >= 4 is 17.3 Å². The SMILES string of the molecule is CCOCCNC(=NC)NCC(c1ccccc1)N1CCc2sccc2C1. The van der Waals surface area contributed by atoms with Gasteiger partial charge >= 0.3 is 0 Å². The van der Waals surface area contributed by atoms with Crippen molar-refractivity contribution in [3.8, 4) is 0 Å². The molecular weight excluding hydrogens is 356 g/mol. The normalized spacial score (nSPS) is 16.0. The minimum atomic E-state index is 0.310. The van der Waals surface area contributed by atoms with E-state index < -0.39 is 0 Å². The molecule has 5 nitrogen and oxygen atoms in total. The Morgan fingerprint density at radius 3 is 2.89 bits per heavy atom. The fraction of sp³-hybridized carbons (Fsp3) is 0.476. The molecule has 0 spiro atoms. The maximum Gasteiger partial charge on any atom is 0.191 e. The van der Waals surface area contributed by atoms with Gasteiger partial charge in [0.05, 0.1) is 12.6 Å². The molecule has 1 aromatic carbocycles. The summed E-state index contributed by atoms with van der Waals surface area (Å²) in [5, 5.41) is 9.04. The number of nitrogens with one attached hydrogen (secondary N) is 2. The van der Waals surface area contributed by atoms with E-state index in [1.54, 1.807) is 4.88 Å². The summed E-state index contributed by atoms with van der Waals surface area (Å²) in [6, 6.07) is 13.4. The van der Waals surface area contributed by atoms with Crippen LogP contribution in [-0.4, -0.2) is 50.8 Å². The maximum atomic E-state index is 5.39. The van der Waals surface area contributed by atoms with E-state index in [0.29, 0.717) is 12.6 Å². The van der Waals surface area contributed by atoms with Crippen LogP contribution in [0.3, 0.4) is 0 Å². The number of benzene rings is 1. The number of nitrogens with zero attached hydrogens (tertiary/aromatic N) is 2. The van der Waals surface area contributed by atoms with Crippen molar-refractivity contribution in [1.29, 1.82) is 0 Å². The van der Waals surface area contributed by atoms with Gasteiger partial charge in [0.15, 0.2) is 5.96 Å². The lowest BCUT2D eigenvalue weighted by atomic mass is 10.0. The predicted molar refractivity (Wildman–Crippen MR) is 113 cm³/mol. The predicted octanol–water partition coefficient (Wildman–Crippen LogP) is 3.05. The third kappa shape index (κ3) is 5.54. The molecule has 1 aliphatic rings. The first-order chi connectivity index (χ1) is 13.3. The number of ether oxygens (including phenoxy) is 1. The average Bonchev–Trinajstić information content (AvgIpc) is 3.18. The Bertz CT molecular complexity index is 716. The van der Waals surface area contributed by atoms with E-state index in [2.05, 4.69) is 62.3 Å². The summed E-state index contributed by atoms with van der Waals surface area (Å²) in [7, 11) is 1.81. The van der Waals surface area contributed by atoms with Gasteiger partial charge in [-0.05, 0) is 35.9 Å². The molecule has 0 saturated heterocycles. The molecule has 0 amide bonds. The Balaban J connectivity index is 1.64. The Morgan fingerprint density at radius 2 is 2.11 bits per heavy atom. The number of guanidine groups is 1. The average molecular weight is 387 g/mol. The minimum Gasteiger partial charge on any atom is -0.380 e. The molecule has 0 fully saturated rings. The van der Waals surface area contributed by atoms with Crippen molar-refractivity contribution < 1.29 is 4.74 Å². The first-order valence-electron chi connectivity index (χ1n) is 9.68. The first-order valence-corrected chi connectivity index (χ1v) is 10.6. The molecule has 3 rings (SSSR count). The van der Waals surface area contributed by atoms with Crippen molar-refractivity contribution in [2.75, 3.05) is 39.9 Å². The van der Waals surface area contributed by atoms with Crippen LogP contribution in [0.25, 0.3) is 0 Å². The molecule has 2 aromatic rings. The smallest absolute Gasteiger partial charge is 0.191 e. The molecule has 1 aromatic heterocycles. The van der Waals surface area contributed by atoms with Crippen LogP contribution in [0.4, 0.5) is 0 Å². The molecule has 1 unspecified atom stereocenters. The summed E-state index contributed by atoms with van der Waals surface area (Å²) in [6.07, 6.45) is 1.14. The molecule has 2 heterocycles. The highest BCUT2D eigenvalue weighted by atomic mass is 32.1. The lowest BCUT2D eigenvalue weighted by molar-refractivity contribution is 0.152. The molecule has 27 heavy (non-hydrogen) atoms. The van der Waals surface area contributed by atoms with E-state index in [9.17, 15) is 0 Å². The summed E-state index contributed by atoms with van der Waals surface area (Å²) in [6.45, 7) is 7.11. The summed E-state index contributed by atoms with van der Waals surface area (Å²) in [5.74, 6) is 0.823. The van der Waals surface area contributed by atoms with Crippen LogP contribution in [0.15, 0.2) is 46.8 Å². The van der Waals surface area contributed by atoms with Crippen molar-refractivity contribution in [2.45, 2.75) is 25.9 Å². The van der Waals surface area contributed by atoms with Crippen molar-refractivity contribution in [1.82, 2.24) is 15.5 Å². The fourth-order valence-corrected chi connectivity index (χ4v) is 4.36. The molecule has 6 heteroatoms. The second-order valence-corrected chi connectivity index (χ2v) is 7.59. The van der Waals surface area contributed by atoms with Gasteiger partial charge in [-0.2, -0.15) is 0 Å². The molecule has 0 aliphatic carbocycles. The van der Waals surface area contributed by atoms with Gasteiger partial charge in [-0.3, -0.25) is 9.89 Å². The van der Waals surface area contributed by atoms with Crippen LogP contribution in [0.5, 0.6) is 0 Å². The van der Waals surface area contributed by atoms with Gasteiger partial charge < -0.3 is 15.4 Å². The second kappa shape index (κ2) is 10.4. The van der Waals surface area contributed by atoms with Gasteiger partial charge in [-0.25, -0.2) is 0 Å². The minimum absolute atomic E-state index is 0.310. The lowest BCUT2D eigenvalue weighted by Gasteiger charge is -2.35. The van der Waals surface area contributed by atoms with E-state index in [0.717, 1.165) is 45.2 Å². The lowest BCUT2D eigenvalue weighted by Crippen LogP contribution is -2.45. The Kier molecular flexibility index (Phi) is 7.68. The van der Waals surface area contributed by atoms with Gasteiger partial charge in [0.25, 0.3) is 0 Å². The Morgan fingerprint density at radius 1 is 1.26 bits per heavy atom. The van der Waals surface area contributed by atoms with Crippen molar-refractivity contribution in [2.24, 2.45) is 4.99 Å². The molecule has 0 radical (unpaired) electrons. The van der Waals surface area contributed by atoms with E-state index in [4.69, 9.17) is 4.74 Å². The van der Waals surface area contributed by atoms with Gasteiger partial charge in [-0.15, -0.1) is 11.3 Å². The van der Waals surface area contributed by atoms with Gasteiger partial charge in [-0.1, -0.05) is 30.3 Å². The van der Waals surface area contributed by atoms with Crippen LogP contribution in [0.1, 0.15) is 29.0 Å². The topological polar surface area (TPSA) is 48.9 Å². The number of thiophene rings is 1. The number of aliphatic imine (C=N–C) groups is 1. The molecule has 146 valence electrons. The zero-order valence-corrected chi connectivity index (χ0v) is 17.1. The number of hydrogen-bond donors (Lipinski definition) is 2. The number of rotatable bonds is 8. The Labute approximate surface area is 166 Å². The third-order valence-corrected chi connectivity index (χ3v) is 5.91. The molecule has 2 N–H and O–H groups in total. The van der Waals surface area contributed by atoms with E-state index in [-0.39, 0.29) is 0 Å². The summed E-state index contributed by atoms with van der Waals surface area (Å²) in [5.41, 5.74) is 2.82. The fourth-order valence-electron chi connectivity index (χ4n) is 3.47. The zero-order valence-electron chi connectivity index (χ0n) is 16.3. The highest BCUT2D eigenvalue weighted by Crippen LogP contribution is 2.30. The second-order valence-electron chi connectivity index (χ2n) is 6.59. The number of fused-ring (bicyclic) bond motifs is 1. The molecule has 0 bridgehead atoms. The molecule has 1 atom stereocenters. The molecule has 0 saturated carbocycles. The van der Waals surface area contributed by atoms with E-state index >= 15 is 0 Å². The summed E-state index contributed by atoms with van der Waals surface area (Å²) >= 11 is 1.89. The highest BCUT2D eigenvalue weighted by molar-refractivity contribution is 7.10. The highest BCUT2D eigenvalue weighted by Gasteiger charge is 2.25. The monoisotopic (exact) mass is 386 g/mol. The summed E-state index contributed by atoms with van der Waals surface area (Å²) < 4.78 is 5.39. The van der Waals surface area contributed by atoms with Crippen LogP contribution in [0.2, 0.25) is 0 Å². The van der Waals surface area contributed by atoms with Crippen molar-refractivity contribution in [3.05, 3.63) is 57.8 Å². The Hall–Kier alpha value is -1.89. The van der Waals surface area contributed by atoms with Gasteiger partial charge in [0.1, 0.15) is 0 Å². The van der Waals surface area contributed by atoms with E-state index in [1.807, 2.05) is 25.3 Å². The third-order valence-electron chi connectivity index (χ3n) is 4.89. The molecule has 1 aliphatic heterocycles. The molecular formula is C21H30N4OS. The van der Waals surface area contributed by atoms with Gasteiger partial charge in [0.2, 0.25) is 0 Å². The van der Waals surface area contributed by atoms with Crippen LogP contribution in [-0.2, 0) is 17.7 Å². The number of hydrogen-bond acceptors (Lipinski definition) is 4. The maximum absolute atomic E-state index is 5.39. The largest absolute Gasteiger partial charge is 0.380 e. The standard InChI is InChI=1S/C21H30N4OS/c1-3-26-13-11-23-21(22-2)24-15-19(17-7-5-4-6-8-17)25-12-9-20-18(16-25)10-14-27-20/h4-8,10,14,19H,3,9,11-13,15-16H2,1-2H3,(H2,22,23,24). The van der Waals surface area contributed by atoms with Gasteiger partial charge in [0, 0.05) is 44.7 Å². The first kappa shape index (κ1) is 19.9. The van der Waals surface area contributed by atoms with Crippen LogP contribution >= 0.6 is 11.3 Å². The van der Waals surface area contributed by atoms with E-state index in [1.165, 1.54) is 11.1 Å². The quantitative estimate of drug-likeness (QED) is 0.416.